The van der Waals surface area contributed by atoms with E-state index in [2.05, 4.69) is 9.71 Å². The number of anilines is 1. The molecule has 6 nitrogen and oxygen atoms in total. The molecule has 2 aromatic rings. The van der Waals surface area contributed by atoms with Crippen molar-refractivity contribution in [3.8, 4) is 0 Å². The standard InChI is InChI=1S/C12H10Cl2N2O4S2/c1-6-15-10(12(17)18)11(21-6)16-22(19,20)5-7-2-8(13)4-9(14)3-7/h2-4,16H,5H2,1H3,(H,17,18). The smallest absolute Gasteiger partial charge is 0.357 e. The lowest BCUT2D eigenvalue weighted by Gasteiger charge is -2.07. The van der Waals surface area contributed by atoms with Crippen LogP contribution in [0.15, 0.2) is 18.2 Å². The minimum Gasteiger partial charge on any atom is -0.476 e. The van der Waals surface area contributed by atoms with Crippen LogP contribution in [0.1, 0.15) is 21.1 Å². The van der Waals surface area contributed by atoms with Crippen molar-refractivity contribution in [1.29, 1.82) is 0 Å². The first-order valence-electron chi connectivity index (χ1n) is 5.82. The molecule has 118 valence electrons. The van der Waals surface area contributed by atoms with E-state index < -0.39 is 16.0 Å². The molecule has 1 aromatic carbocycles. The molecule has 0 aliphatic heterocycles. The number of carboxylic acids is 1. The number of aromatic nitrogens is 1. The lowest BCUT2D eigenvalue weighted by Crippen LogP contribution is -2.16. The number of rotatable bonds is 5. The van der Waals surface area contributed by atoms with Crippen molar-refractivity contribution in [3.05, 3.63) is 44.5 Å². The van der Waals surface area contributed by atoms with Crippen LogP contribution in [-0.4, -0.2) is 24.5 Å². The molecule has 0 spiro atoms. The van der Waals surface area contributed by atoms with Gasteiger partial charge in [0.15, 0.2) is 5.69 Å². The molecule has 0 unspecified atom stereocenters. The second-order valence-corrected chi connectivity index (χ2v) is 8.15. The number of hydrogen-bond donors (Lipinski definition) is 2. The maximum absolute atomic E-state index is 12.2. The van der Waals surface area contributed by atoms with Crippen LogP contribution in [-0.2, 0) is 15.8 Å². The van der Waals surface area contributed by atoms with Gasteiger partial charge in [0, 0.05) is 10.0 Å². The van der Waals surface area contributed by atoms with Crippen LogP contribution in [0.4, 0.5) is 5.00 Å². The van der Waals surface area contributed by atoms with E-state index in [1.165, 1.54) is 18.2 Å². The van der Waals surface area contributed by atoms with Crippen LogP contribution in [0.3, 0.4) is 0 Å². The summed E-state index contributed by atoms with van der Waals surface area (Å²) < 4.78 is 26.6. The molecule has 2 N–H and O–H groups in total. The topological polar surface area (TPSA) is 96.4 Å². The molecule has 0 saturated carbocycles. The van der Waals surface area contributed by atoms with Gasteiger partial charge in [-0.25, -0.2) is 18.2 Å². The summed E-state index contributed by atoms with van der Waals surface area (Å²) in [5.74, 6) is -1.68. The van der Waals surface area contributed by atoms with Crippen molar-refractivity contribution in [2.24, 2.45) is 0 Å². The summed E-state index contributed by atoms with van der Waals surface area (Å²) in [4.78, 5) is 14.8. The van der Waals surface area contributed by atoms with Gasteiger partial charge in [-0.15, -0.1) is 11.3 Å². The lowest BCUT2D eigenvalue weighted by molar-refractivity contribution is 0.0692. The molecule has 0 atom stereocenters. The number of hydrogen-bond acceptors (Lipinski definition) is 5. The summed E-state index contributed by atoms with van der Waals surface area (Å²) in [5.41, 5.74) is 0.0679. The highest BCUT2D eigenvalue weighted by Crippen LogP contribution is 2.27. The van der Waals surface area contributed by atoms with Crippen LogP contribution < -0.4 is 4.72 Å². The van der Waals surface area contributed by atoms with E-state index in [-0.39, 0.29) is 16.4 Å². The zero-order valence-corrected chi connectivity index (χ0v) is 14.3. The molecular formula is C12H10Cl2N2O4S2. The Kier molecular flexibility index (Phi) is 4.96. The molecule has 10 heteroatoms. The molecule has 0 bridgehead atoms. The minimum atomic E-state index is -3.82. The fraction of sp³-hybridized carbons (Fsp3) is 0.167. The molecule has 0 aliphatic carbocycles. The monoisotopic (exact) mass is 380 g/mol. The Morgan fingerprint density at radius 3 is 2.45 bits per heavy atom. The first-order chi connectivity index (χ1) is 10.2. The number of aryl methyl sites for hydroxylation is 1. The highest BCUT2D eigenvalue weighted by atomic mass is 35.5. The zero-order valence-electron chi connectivity index (χ0n) is 11.1. The van der Waals surface area contributed by atoms with Gasteiger partial charge in [-0.1, -0.05) is 23.2 Å². The van der Waals surface area contributed by atoms with Crippen molar-refractivity contribution in [3.63, 3.8) is 0 Å². The van der Waals surface area contributed by atoms with Gasteiger partial charge in [0.1, 0.15) is 5.00 Å². The average Bonchev–Trinajstić information content (AvgIpc) is 2.66. The van der Waals surface area contributed by atoms with Gasteiger partial charge in [-0.05, 0) is 30.7 Å². The van der Waals surface area contributed by atoms with Crippen molar-refractivity contribution >= 4 is 55.5 Å². The number of carboxylic acid groups (broad SMARTS) is 1. The molecule has 0 saturated heterocycles. The second-order valence-electron chi connectivity index (χ2n) is 4.35. The highest BCUT2D eigenvalue weighted by Gasteiger charge is 2.21. The predicted octanol–water partition coefficient (Wildman–Crippen LogP) is 3.40. The molecule has 0 aliphatic rings. The van der Waals surface area contributed by atoms with E-state index in [0.29, 0.717) is 20.6 Å². The summed E-state index contributed by atoms with van der Waals surface area (Å²) >= 11 is 12.6. The number of carbonyl (C=O) groups is 1. The van der Waals surface area contributed by atoms with Crippen molar-refractivity contribution in [2.75, 3.05) is 4.72 Å². The van der Waals surface area contributed by atoms with Crippen molar-refractivity contribution in [2.45, 2.75) is 12.7 Å². The van der Waals surface area contributed by atoms with E-state index in [4.69, 9.17) is 28.3 Å². The number of benzene rings is 1. The first kappa shape index (κ1) is 17.0. The number of nitrogens with one attached hydrogen (secondary N) is 1. The van der Waals surface area contributed by atoms with Crippen LogP contribution in [0.25, 0.3) is 0 Å². The average molecular weight is 381 g/mol. The van der Waals surface area contributed by atoms with E-state index >= 15 is 0 Å². The molecule has 1 aromatic heterocycles. The fourth-order valence-corrected chi connectivity index (χ4v) is 4.57. The third-order valence-electron chi connectivity index (χ3n) is 2.46. The zero-order chi connectivity index (χ0) is 16.5. The van der Waals surface area contributed by atoms with Gasteiger partial charge in [0.2, 0.25) is 10.0 Å². The second kappa shape index (κ2) is 6.41. The van der Waals surface area contributed by atoms with E-state index in [1.54, 1.807) is 6.92 Å². The molecule has 22 heavy (non-hydrogen) atoms. The van der Waals surface area contributed by atoms with Gasteiger partial charge >= 0.3 is 5.97 Å². The summed E-state index contributed by atoms with van der Waals surface area (Å²) in [7, 11) is -3.82. The maximum Gasteiger partial charge on any atom is 0.357 e. The first-order valence-corrected chi connectivity index (χ1v) is 9.05. The third kappa shape index (κ3) is 4.33. The summed E-state index contributed by atoms with van der Waals surface area (Å²) in [5, 5.41) is 10.1. The van der Waals surface area contributed by atoms with Crippen molar-refractivity contribution < 1.29 is 18.3 Å². The molecule has 0 radical (unpaired) electrons. The SMILES string of the molecule is Cc1nc(C(=O)O)c(NS(=O)(=O)Cc2cc(Cl)cc(Cl)c2)s1. The van der Waals surface area contributed by atoms with E-state index in [9.17, 15) is 13.2 Å². The normalized spacial score (nSPS) is 11.4. The summed E-state index contributed by atoms with van der Waals surface area (Å²) in [6.45, 7) is 1.59. The highest BCUT2D eigenvalue weighted by molar-refractivity contribution is 7.92. The third-order valence-corrected chi connectivity index (χ3v) is 5.14. The number of thiazole rings is 1. The Bertz CT molecular complexity index is 813. The fourth-order valence-electron chi connectivity index (χ4n) is 1.73. The van der Waals surface area contributed by atoms with E-state index in [0.717, 1.165) is 11.3 Å². The van der Waals surface area contributed by atoms with Gasteiger partial charge < -0.3 is 5.11 Å². The Balaban J connectivity index is 2.26. The van der Waals surface area contributed by atoms with Crippen LogP contribution in [0.5, 0.6) is 0 Å². The maximum atomic E-state index is 12.2. The molecule has 2 rings (SSSR count). The van der Waals surface area contributed by atoms with Gasteiger partial charge in [0.05, 0.1) is 10.8 Å². The largest absolute Gasteiger partial charge is 0.476 e. The summed E-state index contributed by atoms with van der Waals surface area (Å²) in [6, 6.07) is 4.44. The van der Waals surface area contributed by atoms with Crippen LogP contribution in [0, 0.1) is 6.92 Å². The number of sulfonamides is 1. The molecule has 0 amide bonds. The van der Waals surface area contributed by atoms with Crippen molar-refractivity contribution in [1.82, 2.24) is 4.98 Å². The van der Waals surface area contributed by atoms with Crippen LogP contribution in [0.2, 0.25) is 10.0 Å². The number of nitrogens with zero attached hydrogens (tertiary/aromatic N) is 1. The van der Waals surface area contributed by atoms with Gasteiger partial charge in [-0.2, -0.15) is 0 Å². The Morgan fingerprint density at radius 1 is 1.32 bits per heavy atom. The van der Waals surface area contributed by atoms with Crippen LogP contribution >= 0.6 is 34.5 Å². The molecular weight excluding hydrogens is 371 g/mol. The molecule has 1 heterocycles. The Labute approximate surface area is 140 Å². The number of aromatic carboxylic acids is 1. The van der Waals surface area contributed by atoms with E-state index in [1.807, 2.05) is 0 Å². The van der Waals surface area contributed by atoms with Gasteiger partial charge in [0.25, 0.3) is 0 Å². The minimum absolute atomic E-state index is 0.0295. The van der Waals surface area contributed by atoms with Gasteiger partial charge in [-0.3, -0.25) is 4.72 Å². The quantitative estimate of drug-likeness (QED) is 0.828. The lowest BCUT2D eigenvalue weighted by atomic mass is 10.2. The Hall–Kier alpha value is -1.35. The number of halogens is 2. The molecule has 0 fully saturated rings. The summed E-state index contributed by atoms with van der Waals surface area (Å²) in [6.07, 6.45) is 0. The Morgan fingerprint density at radius 2 is 1.91 bits per heavy atom. The predicted molar refractivity (Wildman–Crippen MR) is 86.5 cm³/mol.